The van der Waals surface area contributed by atoms with Crippen molar-refractivity contribution in [3.05, 3.63) is 60.6 Å². The van der Waals surface area contributed by atoms with Crippen molar-refractivity contribution in [2.24, 2.45) is 0 Å². The molecule has 0 bridgehead atoms. The van der Waals surface area contributed by atoms with Crippen molar-refractivity contribution >= 4 is 16.6 Å². The summed E-state index contributed by atoms with van der Waals surface area (Å²) in [5.41, 5.74) is 2.66. The summed E-state index contributed by atoms with van der Waals surface area (Å²) in [6.45, 7) is 1.95. The fraction of sp³-hybridized carbons (Fsp3) is 0.0625. The third kappa shape index (κ3) is 1.99. The lowest BCUT2D eigenvalue weighted by atomic mass is 10.2. The Morgan fingerprint density at radius 2 is 2.00 bits per heavy atom. The number of aromatic nitrogens is 4. The molecule has 21 heavy (non-hydrogen) atoms. The van der Waals surface area contributed by atoms with E-state index in [-0.39, 0.29) is 0 Å². The number of fused-ring (bicyclic) bond motifs is 3. The first-order valence-electron chi connectivity index (χ1n) is 6.64. The van der Waals surface area contributed by atoms with Crippen LogP contribution in [0.4, 0.5) is 0 Å². The van der Waals surface area contributed by atoms with Gasteiger partial charge in [0.2, 0.25) is 5.88 Å². The topological polar surface area (TPSA) is 52.3 Å². The smallest absolute Gasteiger partial charge is 0.230 e. The lowest BCUT2D eigenvalue weighted by molar-refractivity contribution is 0.467. The Hall–Kier alpha value is -2.95. The summed E-state index contributed by atoms with van der Waals surface area (Å²) in [7, 11) is 0. The molecular formula is C16H12N4O. The first kappa shape index (κ1) is 11.8. The lowest BCUT2D eigenvalue weighted by Crippen LogP contribution is -1.97. The van der Waals surface area contributed by atoms with Crippen LogP contribution in [0.2, 0.25) is 0 Å². The first-order valence-corrected chi connectivity index (χ1v) is 6.64. The number of para-hydroxylation sites is 1. The highest BCUT2D eigenvalue weighted by molar-refractivity contribution is 5.86. The van der Waals surface area contributed by atoms with Gasteiger partial charge in [-0.3, -0.25) is 4.98 Å². The van der Waals surface area contributed by atoms with Crippen LogP contribution >= 0.6 is 0 Å². The maximum atomic E-state index is 5.89. The van der Waals surface area contributed by atoms with E-state index in [1.807, 2.05) is 53.9 Å². The Balaban J connectivity index is 1.98. The molecule has 0 saturated heterocycles. The van der Waals surface area contributed by atoms with Crippen LogP contribution in [-0.4, -0.2) is 19.6 Å². The van der Waals surface area contributed by atoms with Crippen molar-refractivity contribution in [3.63, 3.8) is 0 Å². The standard InChI is InChI=1S/C16H12N4O/c1-11-9-15-18-16(21-12-5-4-8-17-10-12)13-6-2-3-7-14(13)20(15)19-11/h2-10H,1H3. The molecule has 4 rings (SSSR count). The summed E-state index contributed by atoms with van der Waals surface area (Å²) < 4.78 is 7.73. The van der Waals surface area contributed by atoms with Crippen LogP contribution in [0.25, 0.3) is 16.6 Å². The molecule has 3 aromatic heterocycles. The number of pyridine rings is 1. The van der Waals surface area contributed by atoms with Crippen LogP contribution in [0.3, 0.4) is 0 Å². The second-order valence-electron chi connectivity index (χ2n) is 4.78. The van der Waals surface area contributed by atoms with Gasteiger partial charge in [0, 0.05) is 12.3 Å². The molecule has 3 heterocycles. The summed E-state index contributed by atoms with van der Waals surface area (Å²) in [6, 6.07) is 13.5. The molecule has 0 spiro atoms. The number of ether oxygens (including phenoxy) is 1. The zero-order valence-corrected chi connectivity index (χ0v) is 11.4. The molecule has 0 aliphatic heterocycles. The van der Waals surface area contributed by atoms with Gasteiger partial charge in [-0.1, -0.05) is 12.1 Å². The Morgan fingerprint density at radius 1 is 1.10 bits per heavy atom. The molecule has 5 heteroatoms. The van der Waals surface area contributed by atoms with Crippen molar-refractivity contribution in [3.8, 4) is 11.6 Å². The lowest BCUT2D eigenvalue weighted by Gasteiger charge is -2.08. The largest absolute Gasteiger partial charge is 0.437 e. The van der Waals surface area contributed by atoms with Gasteiger partial charge in [-0.05, 0) is 31.2 Å². The molecule has 5 nitrogen and oxygen atoms in total. The van der Waals surface area contributed by atoms with E-state index in [0.29, 0.717) is 11.6 Å². The number of benzene rings is 1. The number of hydrogen-bond acceptors (Lipinski definition) is 4. The first-order chi connectivity index (χ1) is 10.3. The maximum Gasteiger partial charge on any atom is 0.230 e. The number of nitrogens with zero attached hydrogens (tertiary/aromatic N) is 4. The van der Waals surface area contributed by atoms with E-state index < -0.39 is 0 Å². The van der Waals surface area contributed by atoms with Crippen LogP contribution in [0.15, 0.2) is 54.9 Å². The van der Waals surface area contributed by atoms with Gasteiger partial charge in [-0.15, -0.1) is 0 Å². The third-order valence-corrected chi connectivity index (χ3v) is 3.24. The molecule has 0 aliphatic rings. The minimum atomic E-state index is 0.561. The molecule has 4 aromatic rings. The predicted molar refractivity (Wildman–Crippen MR) is 79.5 cm³/mol. The summed E-state index contributed by atoms with van der Waals surface area (Å²) in [5.74, 6) is 1.22. The molecule has 0 saturated carbocycles. The zero-order chi connectivity index (χ0) is 14.2. The van der Waals surface area contributed by atoms with E-state index in [1.54, 1.807) is 12.4 Å². The molecule has 1 aromatic carbocycles. The molecule has 0 aliphatic carbocycles. The Bertz CT molecular complexity index is 931. The number of aryl methyl sites for hydroxylation is 1. The van der Waals surface area contributed by atoms with Crippen molar-refractivity contribution in [2.45, 2.75) is 6.92 Å². The fourth-order valence-electron chi connectivity index (χ4n) is 2.34. The van der Waals surface area contributed by atoms with Crippen LogP contribution in [0, 0.1) is 6.92 Å². The van der Waals surface area contributed by atoms with E-state index >= 15 is 0 Å². The van der Waals surface area contributed by atoms with Crippen LogP contribution in [-0.2, 0) is 0 Å². The van der Waals surface area contributed by atoms with E-state index in [0.717, 1.165) is 22.2 Å². The molecule has 0 N–H and O–H groups in total. The molecule has 0 unspecified atom stereocenters. The second-order valence-corrected chi connectivity index (χ2v) is 4.78. The summed E-state index contributed by atoms with van der Waals surface area (Å²) in [6.07, 6.45) is 3.38. The van der Waals surface area contributed by atoms with Crippen LogP contribution < -0.4 is 4.74 Å². The van der Waals surface area contributed by atoms with Crippen molar-refractivity contribution in [1.82, 2.24) is 19.6 Å². The minimum absolute atomic E-state index is 0.561. The van der Waals surface area contributed by atoms with Gasteiger partial charge in [-0.25, -0.2) is 4.52 Å². The second kappa shape index (κ2) is 4.56. The van der Waals surface area contributed by atoms with Gasteiger partial charge in [0.15, 0.2) is 5.65 Å². The van der Waals surface area contributed by atoms with Gasteiger partial charge in [-0.2, -0.15) is 10.1 Å². The molecule has 0 atom stereocenters. The highest BCUT2D eigenvalue weighted by Crippen LogP contribution is 2.28. The molecular weight excluding hydrogens is 264 g/mol. The quantitative estimate of drug-likeness (QED) is 0.563. The summed E-state index contributed by atoms with van der Waals surface area (Å²) >= 11 is 0. The monoisotopic (exact) mass is 276 g/mol. The zero-order valence-electron chi connectivity index (χ0n) is 11.4. The predicted octanol–water partition coefficient (Wildman–Crippen LogP) is 3.38. The normalized spacial score (nSPS) is 11.1. The Labute approximate surface area is 120 Å². The Kier molecular flexibility index (Phi) is 2.57. The van der Waals surface area contributed by atoms with Gasteiger partial charge in [0.25, 0.3) is 0 Å². The van der Waals surface area contributed by atoms with Crippen LogP contribution in [0.1, 0.15) is 5.69 Å². The number of rotatable bonds is 2. The van der Waals surface area contributed by atoms with Crippen molar-refractivity contribution in [1.29, 1.82) is 0 Å². The molecule has 0 amide bonds. The van der Waals surface area contributed by atoms with Crippen molar-refractivity contribution < 1.29 is 4.74 Å². The van der Waals surface area contributed by atoms with E-state index in [9.17, 15) is 0 Å². The van der Waals surface area contributed by atoms with Crippen molar-refractivity contribution in [2.75, 3.05) is 0 Å². The summed E-state index contributed by atoms with van der Waals surface area (Å²) in [5, 5.41) is 5.39. The Morgan fingerprint density at radius 3 is 2.86 bits per heavy atom. The van der Waals surface area contributed by atoms with Gasteiger partial charge in [0.1, 0.15) is 5.75 Å². The third-order valence-electron chi connectivity index (χ3n) is 3.24. The van der Waals surface area contributed by atoms with E-state index in [2.05, 4.69) is 15.1 Å². The average Bonchev–Trinajstić information content (AvgIpc) is 2.89. The molecule has 102 valence electrons. The molecule has 0 radical (unpaired) electrons. The maximum absolute atomic E-state index is 5.89. The van der Waals surface area contributed by atoms with E-state index in [1.165, 1.54) is 0 Å². The van der Waals surface area contributed by atoms with Crippen LogP contribution in [0.5, 0.6) is 11.6 Å². The average molecular weight is 276 g/mol. The highest BCUT2D eigenvalue weighted by Gasteiger charge is 2.11. The van der Waals surface area contributed by atoms with Gasteiger partial charge in [0.05, 0.1) is 22.8 Å². The van der Waals surface area contributed by atoms with E-state index in [4.69, 9.17) is 4.74 Å². The molecule has 0 fully saturated rings. The highest BCUT2D eigenvalue weighted by atomic mass is 16.5. The van der Waals surface area contributed by atoms with Gasteiger partial charge >= 0.3 is 0 Å². The number of hydrogen-bond donors (Lipinski definition) is 0. The minimum Gasteiger partial charge on any atom is -0.437 e. The summed E-state index contributed by atoms with van der Waals surface area (Å²) in [4.78, 5) is 8.63. The fourth-order valence-corrected chi connectivity index (χ4v) is 2.34. The van der Waals surface area contributed by atoms with Gasteiger partial charge < -0.3 is 4.74 Å². The SMILES string of the molecule is Cc1cc2nc(Oc3cccnc3)c3ccccc3n2n1.